The molecule has 2 aliphatic rings. The second kappa shape index (κ2) is 10.4. The first-order valence-electron chi connectivity index (χ1n) is 11.9. The van der Waals surface area contributed by atoms with Crippen LogP contribution in [0.15, 0.2) is 76.3 Å². The minimum atomic E-state index is -0.304. The molecule has 0 aliphatic carbocycles. The molecule has 34 heavy (non-hydrogen) atoms. The van der Waals surface area contributed by atoms with Gasteiger partial charge in [0.05, 0.1) is 18.4 Å². The van der Waals surface area contributed by atoms with Gasteiger partial charge in [-0.25, -0.2) is 5.01 Å². The molecule has 6 heteroatoms. The first-order valence-corrected chi connectivity index (χ1v) is 13.1. The number of halogens is 2. The number of ether oxygens (including phenoxy) is 2. The van der Waals surface area contributed by atoms with Gasteiger partial charge in [-0.05, 0) is 66.6 Å². The minimum absolute atomic E-state index is 0.103. The molecule has 0 N–H and O–H groups in total. The Morgan fingerprint density at radius 3 is 2.59 bits per heavy atom. The van der Waals surface area contributed by atoms with Crippen LogP contribution in [0.1, 0.15) is 68.0 Å². The first kappa shape index (κ1) is 23.3. The van der Waals surface area contributed by atoms with Gasteiger partial charge in [-0.15, -0.1) is 0 Å². The fourth-order valence-corrected chi connectivity index (χ4v) is 5.05. The second-order valence-electron chi connectivity index (χ2n) is 8.78. The topological polar surface area (TPSA) is 34.1 Å². The van der Waals surface area contributed by atoms with Gasteiger partial charge in [0.1, 0.15) is 11.5 Å². The zero-order valence-corrected chi connectivity index (χ0v) is 21.6. The van der Waals surface area contributed by atoms with Crippen molar-refractivity contribution < 1.29 is 9.47 Å². The highest BCUT2D eigenvalue weighted by Gasteiger charge is 2.41. The van der Waals surface area contributed by atoms with E-state index in [1.54, 1.807) is 0 Å². The average molecular weight is 540 g/mol. The normalized spacial score (nSPS) is 18.7. The van der Waals surface area contributed by atoms with Crippen molar-refractivity contribution in [3.63, 3.8) is 0 Å². The van der Waals surface area contributed by atoms with Crippen molar-refractivity contribution in [2.75, 3.05) is 6.61 Å². The van der Waals surface area contributed by atoms with Crippen molar-refractivity contribution >= 4 is 33.2 Å². The largest absolute Gasteiger partial charge is 0.494 e. The molecular weight excluding hydrogens is 512 g/mol. The van der Waals surface area contributed by atoms with Gasteiger partial charge in [-0.2, -0.15) is 5.10 Å². The van der Waals surface area contributed by atoms with Crippen LogP contribution >= 0.6 is 27.5 Å². The highest BCUT2D eigenvalue weighted by atomic mass is 79.9. The molecule has 2 aliphatic heterocycles. The number of fused-ring (bicyclic) bond motifs is 3. The van der Waals surface area contributed by atoms with Crippen molar-refractivity contribution in [3.8, 4) is 11.5 Å². The molecule has 0 saturated heterocycles. The van der Waals surface area contributed by atoms with E-state index in [4.69, 9.17) is 26.2 Å². The van der Waals surface area contributed by atoms with Gasteiger partial charge in [0.15, 0.2) is 0 Å². The molecule has 3 aromatic rings. The predicted molar refractivity (Wildman–Crippen MR) is 141 cm³/mol. The van der Waals surface area contributed by atoms with Crippen molar-refractivity contribution in [1.29, 1.82) is 0 Å². The van der Waals surface area contributed by atoms with E-state index in [1.807, 2.05) is 48.5 Å². The summed E-state index contributed by atoms with van der Waals surface area (Å²) in [6.07, 6.45) is 5.30. The quantitative estimate of drug-likeness (QED) is 0.270. The van der Waals surface area contributed by atoms with Crippen LogP contribution in [0.5, 0.6) is 11.5 Å². The van der Waals surface area contributed by atoms with Crippen molar-refractivity contribution in [3.05, 3.63) is 92.9 Å². The highest BCUT2D eigenvalue weighted by molar-refractivity contribution is 9.10. The van der Waals surface area contributed by atoms with Crippen LogP contribution in [0.4, 0.5) is 0 Å². The molecule has 3 aromatic carbocycles. The summed E-state index contributed by atoms with van der Waals surface area (Å²) in [4.78, 5) is 0. The van der Waals surface area contributed by atoms with E-state index < -0.39 is 0 Å². The van der Waals surface area contributed by atoms with E-state index >= 15 is 0 Å². The second-order valence-corrected chi connectivity index (χ2v) is 10.1. The molecule has 0 bridgehead atoms. The van der Waals surface area contributed by atoms with Crippen LogP contribution in [-0.4, -0.2) is 17.3 Å². The third-order valence-electron chi connectivity index (χ3n) is 6.36. The molecule has 2 unspecified atom stereocenters. The van der Waals surface area contributed by atoms with Gasteiger partial charge < -0.3 is 9.47 Å². The minimum Gasteiger partial charge on any atom is -0.494 e. The third kappa shape index (κ3) is 4.96. The van der Waals surface area contributed by atoms with Crippen molar-refractivity contribution in [2.24, 2.45) is 5.10 Å². The van der Waals surface area contributed by atoms with E-state index in [2.05, 4.69) is 46.1 Å². The SMILES string of the molecule is CCCCCCOc1ccc(C2Oc3ccc(Br)cc3C3CC(c4ccc(Cl)cc4)=NN32)cc1. The van der Waals surface area contributed by atoms with E-state index in [0.29, 0.717) is 0 Å². The summed E-state index contributed by atoms with van der Waals surface area (Å²) < 4.78 is 13.5. The van der Waals surface area contributed by atoms with Crippen molar-refractivity contribution in [2.45, 2.75) is 51.3 Å². The number of benzene rings is 3. The summed E-state index contributed by atoms with van der Waals surface area (Å²) in [7, 11) is 0. The summed E-state index contributed by atoms with van der Waals surface area (Å²) >= 11 is 9.73. The Kier molecular flexibility index (Phi) is 7.12. The lowest BCUT2D eigenvalue weighted by Crippen LogP contribution is -2.33. The van der Waals surface area contributed by atoms with Crippen LogP contribution in [0.25, 0.3) is 0 Å². The summed E-state index contributed by atoms with van der Waals surface area (Å²) in [5, 5.41) is 7.85. The van der Waals surface area contributed by atoms with E-state index in [9.17, 15) is 0 Å². The third-order valence-corrected chi connectivity index (χ3v) is 7.11. The van der Waals surface area contributed by atoms with Crippen LogP contribution in [-0.2, 0) is 0 Å². The van der Waals surface area contributed by atoms with Crippen LogP contribution in [0.2, 0.25) is 5.02 Å². The maximum Gasteiger partial charge on any atom is 0.213 e. The first-order chi connectivity index (χ1) is 16.6. The Morgan fingerprint density at radius 2 is 1.82 bits per heavy atom. The number of unbranched alkanes of at least 4 members (excludes halogenated alkanes) is 3. The number of hydrogen-bond acceptors (Lipinski definition) is 4. The van der Waals surface area contributed by atoms with Gasteiger partial charge in [0.25, 0.3) is 0 Å². The molecule has 0 saturated carbocycles. The molecule has 0 radical (unpaired) electrons. The smallest absolute Gasteiger partial charge is 0.213 e. The number of hydrogen-bond donors (Lipinski definition) is 0. The molecule has 5 rings (SSSR count). The fraction of sp³-hybridized carbons (Fsp3) is 0.321. The van der Waals surface area contributed by atoms with Gasteiger partial charge >= 0.3 is 0 Å². The van der Waals surface area contributed by atoms with E-state index in [0.717, 1.165) is 62.8 Å². The lowest BCUT2D eigenvalue weighted by molar-refractivity contribution is -0.0191. The lowest BCUT2D eigenvalue weighted by atomic mass is 9.96. The summed E-state index contributed by atoms with van der Waals surface area (Å²) in [6.45, 7) is 2.97. The Morgan fingerprint density at radius 1 is 1.03 bits per heavy atom. The monoisotopic (exact) mass is 538 g/mol. The highest BCUT2D eigenvalue weighted by Crippen LogP contribution is 2.48. The van der Waals surface area contributed by atoms with Gasteiger partial charge in [0.2, 0.25) is 6.23 Å². The van der Waals surface area contributed by atoms with Crippen LogP contribution < -0.4 is 9.47 Å². The van der Waals surface area contributed by atoms with E-state index in [1.165, 1.54) is 19.3 Å². The molecule has 2 atom stereocenters. The lowest BCUT2D eigenvalue weighted by Gasteiger charge is -2.38. The number of rotatable bonds is 8. The Labute approximate surface area is 214 Å². The molecule has 0 spiro atoms. The molecule has 4 nitrogen and oxygen atoms in total. The molecule has 0 aromatic heterocycles. The van der Waals surface area contributed by atoms with Gasteiger partial charge in [-0.3, -0.25) is 0 Å². The predicted octanol–water partition coefficient (Wildman–Crippen LogP) is 8.30. The van der Waals surface area contributed by atoms with Crippen LogP contribution in [0, 0.1) is 0 Å². The zero-order valence-electron chi connectivity index (χ0n) is 19.2. The Balaban J connectivity index is 1.40. The molecule has 0 amide bonds. The summed E-state index contributed by atoms with van der Waals surface area (Å²) in [5.74, 6) is 1.79. The van der Waals surface area contributed by atoms with Gasteiger partial charge in [-0.1, -0.05) is 65.8 Å². The molecule has 2 heterocycles. The maximum atomic E-state index is 6.49. The summed E-state index contributed by atoms with van der Waals surface area (Å²) in [5.41, 5.74) is 4.32. The molecule has 0 fully saturated rings. The molecular formula is C28H28BrClN2O2. The Hall–Kier alpha value is -2.50. The maximum absolute atomic E-state index is 6.49. The molecule has 176 valence electrons. The fourth-order valence-electron chi connectivity index (χ4n) is 4.54. The number of hydrazone groups is 1. The van der Waals surface area contributed by atoms with Crippen molar-refractivity contribution in [1.82, 2.24) is 5.01 Å². The van der Waals surface area contributed by atoms with E-state index in [-0.39, 0.29) is 12.3 Å². The zero-order chi connectivity index (χ0) is 23.5. The average Bonchev–Trinajstić information content (AvgIpc) is 3.30. The van der Waals surface area contributed by atoms with Gasteiger partial charge in [0, 0.05) is 27.0 Å². The number of nitrogens with zero attached hydrogens (tertiary/aromatic N) is 2. The van der Waals surface area contributed by atoms with Crippen LogP contribution in [0.3, 0.4) is 0 Å². The summed E-state index contributed by atoms with van der Waals surface area (Å²) in [6, 6.07) is 22.4. The Bertz CT molecular complexity index is 1160. The standard InChI is InChI=1S/C28H28BrClN2O2/c1-2-3-4-5-16-33-23-13-8-20(9-14-23)28-32-26(24-17-21(29)10-15-27(24)34-28)18-25(31-32)19-6-11-22(30)12-7-19/h6-15,17,26,28H,2-5,16,18H2,1H3.